The molecule has 0 saturated carbocycles. The highest BCUT2D eigenvalue weighted by Crippen LogP contribution is 2.34. The number of esters is 1. The number of aryl methyl sites for hydroxylation is 1. The fourth-order valence-corrected chi connectivity index (χ4v) is 5.96. The first-order valence-corrected chi connectivity index (χ1v) is 13.6. The number of thiophene rings is 1. The third kappa shape index (κ3) is 5.87. The van der Waals surface area contributed by atoms with E-state index in [0.717, 1.165) is 34.9 Å². The number of benzene rings is 1. The van der Waals surface area contributed by atoms with Gasteiger partial charge in [0.1, 0.15) is 5.00 Å². The number of rotatable bonds is 11. The smallest absolute Gasteiger partial charge is 0.341 e. The topological polar surface area (TPSA) is 89.4 Å². The number of anilines is 2. The van der Waals surface area contributed by atoms with Gasteiger partial charge in [-0.3, -0.25) is 4.79 Å². The van der Waals surface area contributed by atoms with Gasteiger partial charge in [0.15, 0.2) is 11.0 Å². The summed E-state index contributed by atoms with van der Waals surface area (Å²) in [4.78, 5) is 28.3. The second-order valence-electron chi connectivity index (χ2n) is 7.79. The molecule has 188 valence electrons. The molecule has 0 aliphatic carbocycles. The average molecular weight is 516 g/mol. The molecule has 0 aliphatic rings. The van der Waals surface area contributed by atoms with Crippen LogP contribution in [0.2, 0.25) is 0 Å². The lowest BCUT2D eigenvalue weighted by Gasteiger charge is -2.21. The highest BCUT2D eigenvalue weighted by Gasteiger charge is 2.23. The third-order valence-corrected chi connectivity index (χ3v) is 7.85. The van der Waals surface area contributed by atoms with E-state index in [1.807, 2.05) is 25.3 Å². The van der Waals surface area contributed by atoms with Crippen LogP contribution in [-0.2, 0) is 22.5 Å². The van der Waals surface area contributed by atoms with Crippen LogP contribution in [0, 0.1) is 6.92 Å². The Kier molecular flexibility index (Phi) is 9.33. The molecule has 2 heterocycles. The first kappa shape index (κ1) is 26.7. The summed E-state index contributed by atoms with van der Waals surface area (Å²) in [6.45, 7) is 12.8. The van der Waals surface area contributed by atoms with Crippen molar-refractivity contribution in [2.45, 2.75) is 52.7 Å². The third-order valence-electron chi connectivity index (χ3n) is 5.82. The van der Waals surface area contributed by atoms with E-state index in [2.05, 4.69) is 58.5 Å². The standard InChI is InChI=1S/C25H33N5O3S2/c1-7-19-16(5)35-23(21(19)24(32)33-6)26-20(31)15-34-25-28-27-22(30(25)10-4)17-11-13-18(14-12-17)29(8-2)9-3/h11-14H,7-10,15H2,1-6H3,(H,26,31). The molecule has 1 amide bonds. The van der Waals surface area contributed by atoms with Crippen molar-refractivity contribution in [2.24, 2.45) is 0 Å². The summed E-state index contributed by atoms with van der Waals surface area (Å²) in [7, 11) is 1.35. The van der Waals surface area contributed by atoms with E-state index in [9.17, 15) is 9.59 Å². The van der Waals surface area contributed by atoms with Crippen LogP contribution in [-0.4, -0.2) is 52.6 Å². The minimum Gasteiger partial charge on any atom is -0.465 e. The molecule has 0 atom stereocenters. The lowest BCUT2D eigenvalue weighted by atomic mass is 10.1. The fourth-order valence-electron chi connectivity index (χ4n) is 4.01. The SMILES string of the molecule is CCc1c(C)sc(NC(=O)CSc2nnc(-c3ccc(N(CC)CC)cc3)n2CC)c1C(=O)OC. The molecule has 1 aromatic carbocycles. The number of ether oxygens (including phenoxy) is 1. The summed E-state index contributed by atoms with van der Waals surface area (Å²) in [5.41, 5.74) is 3.51. The molecule has 3 aromatic rings. The summed E-state index contributed by atoms with van der Waals surface area (Å²) in [5.74, 6) is 0.283. The zero-order valence-corrected chi connectivity index (χ0v) is 22.8. The van der Waals surface area contributed by atoms with Crippen molar-refractivity contribution in [1.29, 1.82) is 0 Å². The van der Waals surface area contributed by atoms with Crippen LogP contribution in [0.3, 0.4) is 0 Å². The van der Waals surface area contributed by atoms with Crippen molar-refractivity contribution in [3.8, 4) is 11.4 Å². The summed E-state index contributed by atoms with van der Waals surface area (Å²) >= 11 is 2.72. The lowest BCUT2D eigenvalue weighted by molar-refractivity contribution is -0.113. The van der Waals surface area contributed by atoms with E-state index < -0.39 is 5.97 Å². The number of aromatic nitrogens is 3. The maximum Gasteiger partial charge on any atom is 0.341 e. The summed E-state index contributed by atoms with van der Waals surface area (Å²) < 4.78 is 6.95. The summed E-state index contributed by atoms with van der Waals surface area (Å²) in [6, 6.07) is 8.32. The molecule has 8 nitrogen and oxygen atoms in total. The molecule has 35 heavy (non-hydrogen) atoms. The predicted molar refractivity (Wildman–Crippen MR) is 144 cm³/mol. The molecule has 0 aliphatic heterocycles. The Balaban J connectivity index is 1.73. The number of carbonyl (C=O) groups excluding carboxylic acids is 2. The van der Waals surface area contributed by atoms with Crippen LogP contribution < -0.4 is 10.2 Å². The van der Waals surface area contributed by atoms with Crippen LogP contribution in [0.5, 0.6) is 0 Å². The number of methoxy groups -OCH3 is 1. The Morgan fingerprint density at radius 1 is 1.11 bits per heavy atom. The van der Waals surface area contributed by atoms with Gasteiger partial charge in [-0.05, 0) is 63.9 Å². The molecule has 0 radical (unpaired) electrons. The highest BCUT2D eigenvalue weighted by atomic mass is 32.2. The lowest BCUT2D eigenvalue weighted by Crippen LogP contribution is -2.21. The van der Waals surface area contributed by atoms with Gasteiger partial charge in [-0.25, -0.2) is 4.79 Å². The van der Waals surface area contributed by atoms with Crippen molar-refractivity contribution < 1.29 is 14.3 Å². The van der Waals surface area contributed by atoms with Gasteiger partial charge in [0, 0.05) is 35.8 Å². The van der Waals surface area contributed by atoms with Crippen molar-refractivity contribution in [3.63, 3.8) is 0 Å². The fraction of sp³-hybridized carbons (Fsp3) is 0.440. The molecule has 0 spiro atoms. The molecule has 2 aromatic heterocycles. The molecule has 0 fully saturated rings. The van der Waals surface area contributed by atoms with E-state index in [0.29, 0.717) is 28.7 Å². The van der Waals surface area contributed by atoms with Crippen molar-refractivity contribution in [2.75, 3.05) is 36.2 Å². The monoisotopic (exact) mass is 515 g/mol. The number of nitrogens with zero attached hydrogens (tertiary/aromatic N) is 4. The molecule has 0 saturated heterocycles. The quantitative estimate of drug-likeness (QED) is 0.275. The van der Waals surface area contributed by atoms with Crippen molar-refractivity contribution in [3.05, 3.63) is 40.3 Å². The predicted octanol–water partition coefficient (Wildman–Crippen LogP) is 5.26. The molecule has 1 N–H and O–H groups in total. The van der Waals surface area contributed by atoms with Crippen LogP contribution in [0.15, 0.2) is 29.4 Å². The van der Waals surface area contributed by atoms with Gasteiger partial charge in [-0.15, -0.1) is 21.5 Å². The Morgan fingerprint density at radius 3 is 2.37 bits per heavy atom. The zero-order valence-electron chi connectivity index (χ0n) is 21.2. The molecule has 0 unspecified atom stereocenters. The highest BCUT2D eigenvalue weighted by molar-refractivity contribution is 7.99. The minimum absolute atomic E-state index is 0.151. The number of hydrogen-bond donors (Lipinski definition) is 1. The average Bonchev–Trinajstić information content (AvgIpc) is 3.42. The van der Waals surface area contributed by atoms with Crippen LogP contribution in [0.1, 0.15) is 48.5 Å². The Bertz CT molecular complexity index is 1170. The van der Waals surface area contributed by atoms with Gasteiger partial charge in [0.05, 0.1) is 18.4 Å². The molecular formula is C25H33N5O3S2. The zero-order chi connectivity index (χ0) is 25.5. The normalized spacial score (nSPS) is 10.9. The maximum atomic E-state index is 12.8. The maximum absolute atomic E-state index is 12.8. The van der Waals surface area contributed by atoms with Crippen LogP contribution in [0.4, 0.5) is 10.7 Å². The number of amides is 1. The van der Waals surface area contributed by atoms with Crippen molar-refractivity contribution in [1.82, 2.24) is 14.8 Å². The largest absolute Gasteiger partial charge is 0.465 e. The Hall–Kier alpha value is -2.85. The molecule has 0 bridgehead atoms. The van der Waals surface area contributed by atoms with Crippen LogP contribution in [0.25, 0.3) is 11.4 Å². The van der Waals surface area contributed by atoms with Crippen LogP contribution >= 0.6 is 23.1 Å². The number of hydrogen-bond acceptors (Lipinski definition) is 8. The van der Waals surface area contributed by atoms with E-state index in [1.54, 1.807) is 0 Å². The van der Waals surface area contributed by atoms with E-state index >= 15 is 0 Å². The first-order chi connectivity index (χ1) is 16.9. The van der Waals surface area contributed by atoms with E-state index in [4.69, 9.17) is 4.74 Å². The second kappa shape index (κ2) is 12.2. The Labute approximate surface area is 215 Å². The van der Waals surface area contributed by atoms with Gasteiger partial charge >= 0.3 is 5.97 Å². The van der Waals surface area contributed by atoms with Crippen molar-refractivity contribution >= 4 is 45.7 Å². The van der Waals surface area contributed by atoms with Gasteiger partial charge in [-0.1, -0.05) is 18.7 Å². The van der Waals surface area contributed by atoms with E-state index in [1.165, 1.54) is 35.9 Å². The summed E-state index contributed by atoms with van der Waals surface area (Å²) in [6.07, 6.45) is 0.690. The molecule has 10 heteroatoms. The van der Waals surface area contributed by atoms with E-state index in [-0.39, 0.29) is 11.7 Å². The first-order valence-electron chi connectivity index (χ1n) is 11.8. The number of carbonyl (C=O) groups is 2. The molecular weight excluding hydrogens is 482 g/mol. The summed E-state index contributed by atoms with van der Waals surface area (Å²) in [5, 5.41) is 12.8. The van der Waals surface area contributed by atoms with Gasteiger partial charge in [-0.2, -0.15) is 0 Å². The number of thioether (sulfide) groups is 1. The van der Waals surface area contributed by atoms with Gasteiger partial charge in [0.25, 0.3) is 0 Å². The molecule has 3 rings (SSSR count). The number of nitrogens with one attached hydrogen (secondary N) is 1. The minimum atomic E-state index is -0.434. The van der Waals surface area contributed by atoms with Gasteiger partial charge < -0.3 is 19.5 Å². The second-order valence-corrected chi connectivity index (χ2v) is 9.96. The van der Waals surface area contributed by atoms with Gasteiger partial charge in [0.2, 0.25) is 5.91 Å². The Morgan fingerprint density at radius 2 is 1.80 bits per heavy atom.